The van der Waals surface area contributed by atoms with Crippen LogP contribution in [0.3, 0.4) is 0 Å². The van der Waals surface area contributed by atoms with Gasteiger partial charge in [-0.05, 0) is 18.1 Å². The van der Waals surface area contributed by atoms with Gasteiger partial charge in [-0.15, -0.1) is 13.0 Å². The Labute approximate surface area is 142 Å². The van der Waals surface area contributed by atoms with Crippen LogP contribution in [0.25, 0.3) is 0 Å². The Morgan fingerprint density at radius 3 is 2.61 bits per heavy atom. The summed E-state index contributed by atoms with van der Waals surface area (Å²) in [6.07, 6.45) is 10.2. The lowest BCUT2D eigenvalue weighted by Gasteiger charge is -2.12. The number of hydrogen-bond donors (Lipinski definition) is 0. The third kappa shape index (κ3) is 8.97. The van der Waals surface area contributed by atoms with E-state index in [-0.39, 0.29) is 6.04 Å². The molecule has 1 aromatic carbocycles. The molecule has 1 rings (SSSR count). The summed E-state index contributed by atoms with van der Waals surface area (Å²) in [6.45, 7) is 11.7. The summed E-state index contributed by atoms with van der Waals surface area (Å²) < 4.78 is 5.79. The van der Waals surface area contributed by atoms with E-state index in [0.717, 1.165) is 12.0 Å². The molecule has 0 fully saturated rings. The van der Waals surface area contributed by atoms with Crippen molar-refractivity contribution in [3.8, 4) is 12.3 Å². The molecule has 1 unspecified atom stereocenters. The van der Waals surface area contributed by atoms with E-state index < -0.39 is 8.07 Å². The number of nitrogens with zero attached hydrogens (tertiary/aromatic N) is 1. The first kappa shape index (κ1) is 19.2. The van der Waals surface area contributed by atoms with Crippen molar-refractivity contribution in [3.63, 3.8) is 0 Å². The van der Waals surface area contributed by atoms with Gasteiger partial charge in [-0.25, -0.2) is 0 Å². The molecule has 0 amide bonds. The lowest BCUT2D eigenvalue weighted by atomic mass is 10.2. The Kier molecular flexibility index (Phi) is 8.32. The molecule has 0 aliphatic heterocycles. The van der Waals surface area contributed by atoms with E-state index in [4.69, 9.17) is 11.2 Å². The fraction of sp³-hybridized carbons (Fsp3) is 0.350. The zero-order valence-electron chi connectivity index (χ0n) is 14.5. The van der Waals surface area contributed by atoms with Crippen LogP contribution in [0.15, 0.2) is 59.8 Å². The summed E-state index contributed by atoms with van der Waals surface area (Å²) in [4.78, 5) is 4.64. The summed E-state index contributed by atoms with van der Waals surface area (Å²) >= 11 is 0. The summed E-state index contributed by atoms with van der Waals surface area (Å²) in [5.41, 5.74) is 4.05. The smallest absolute Gasteiger partial charge is 0.107 e. The lowest BCUT2D eigenvalue weighted by molar-refractivity contribution is 0.109. The van der Waals surface area contributed by atoms with Crippen molar-refractivity contribution in [2.45, 2.75) is 38.7 Å². The second-order valence-electron chi connectivity index (χ2n) is 6.54. The Balaban J connectivity index is 2.65. The van der Waals surface area contributed by atoms with Gasteiger partial charge in [-0.3, -0.25) is 4.99 Å². The Morgan fingerprint density at radius 2 is 2.04 bits per heavy atom. The van der Waals surface area contributed by atoms with Crippen LogP contribution in [0.5, 0.6) is 0 Å². The molecule has 3 heteroatoms. The summed E-state index contributed by atoms with van der Waals surface area (Å²) in [5.74, 6) is 2.67. The molecule has 0 aliphatic carbocycles. The van der Waals surface area contributed by atoms with Crippen molar-refractivity contribution in [3.05, 3.63) is 60.3 Å². The predicted octanol–water partition coefficient (Wildman–Crippen LogP) is 4.66. The molecule has 2 nitrogen and oxygen atoms in total. The van der Waals surface area contributed by atoms with E-state index in [1.807, 2.05) is 30.4 Å². The first-order chi connectivity index (χ1) is 10.9. The largest absolute Gasteiger partial charge is 0.375 e. The van der Waals surface area contributed by atoms with Crippen molar-refractivity contribution in [1.29, 1.82) is 0 Å². The molecule has 0 aliphatic rings. The van der Waals surface area contributed by atoms with Crippen molar-refractivity contribution in [1.82, 2.24) is 0 Å². The van der Waals surface area contributed by atoms with Gasteiger partial charge in [0.1, 0.15) is 5.71 Å². The van der Waals surface area contributed by atoms with Crippen molar-refractivity contribution in [2.24, 2.45) is 4.99 Å². The molecule has 1 atom stereocenters. The predicted molar refractivity (Wildman–Crippen MR) is 103 cm³/mol. The average molecular weight is 326 g/mol. The highest BCUT2D eigenvalue weighted by Crippen LogP contribution is 2.07. The minimum atomic E-state index is -1.28. The summed E-state index contributed by atoms with van der Waals surface area (Å²) in [7, 11) is -1.28. The maximum atomic E-state index is 5.79. The zero-order valence-corrected chi connectivity index (χ0v) is 15.5. The monoisotopic (exact) mass is 325 g/mol. The van der Waals surface area contributed by atoms with Crippen LogP contribution in [-0.4, -0.2) is 26.4 Å². The molecular formula is C20H27NOSi. The number of terminal acetylenes is 1. The fourth-order valence-corrected chi connectivity index (χ4v) is 2.55. The van der Waals surface area contributed by atoms with Gasteiger partial charge in [0.25, 0.3) is 0 Å². The molecule has 122 valence electrons. The van der Waals surface area contributed by atoms with Crippen LogP contribution in [0.1, 0.15) is 12.0 Å². The molecule has 23 heavy (non-hydrogen) atoms. The van der Waals surface area contributed by atoms with Crippen molar-refractivity contribution >= 4 is 13.8 Å². The highest BCUT2D eigenvalue weighted by Gasteiger charge is 2.09. The third-order valence-electron chi connectivity index (χ3n) is 3.07. The quantitative estimate of drug-likeness (QED) is 0.280. The minimum Gasteiger partial charge on any atom is -0.375 e. The van der Waals surface area contributed by atoms with Gasteiger partial charge in [0.2, 0.25) is 0 Å². The van der Waals surface area contributed by atoms with Gasteiger partial charge in [-0.2, -0.15) is 0 Å². The van der Waals surface area contributed by atoms with Crippen molar-refractivity contribution in [2.75, 3.05) is 6.61 Å². The van der Waals surface area contributed by atoms with Crippen LogP contribution < -0.4 is 0 Å². The molecule has 0 radical (unpaired) electrons. The number of benzene rings is 1. The number of hydrogen-bond acceptors (Lipinski definition) is 2. The molecule has 0 saturated heterocycles. The molecule has 0 saturated carbocycles. The van der Waals surface area contributed by atoms with Gasteiger partial charge in [-0.1, -0.05) is 67.7 Å². The van der Waals surface area contributed by atoms with E-state index in [9.17, 15) is 0 Å². The minimum absolute atomic E-state index is 0.00791. The van der Waals surface area contributed by atoms with Gasteiger partial charge in [0, 0.05) is 0 Å². The highest BCUT2D eigenvalue weighted by atomic mass is 28.3. The fourth-order valence-electron chi connectivity index (χ4n) is 1.89. The average Bonchev–Trinajstić information content (AvgIpc) is 2.51. The second kappa shape index (κ2) is 9.99. The first-order valence-electron chi connectivity index (χ1n) is 7.91. The standard InChI is InChI=1S/C20H27NOSi/c1-6-11-20(17-22-16-18-12-9-8-10-13-18)21-19(7-2)14-15-23(3,4)5/h2,6,8-10,12-15,20H,1,11,16-17H2,3-5H3/b15-14+,21-19?. The first-order valence-corrected chi connectivity index (χ1v) is 11.5. The van der Waals surface area contributed by atoms with E-state index in [0.29, 0.717) is 18.9 Å². The molecule has 0 spiro atoms. The lowest BCUT2D eigenvalue weighted by Crippen LogP contribution is -2.17. The number of aliphatic imine (C=N–C) groups is 1. The number of ether oxygens (including phenoxy) is 1. The Hall–Kier alpha value is -1.89. The molecule has 0 N–H and O–H groups in total. The summed E-state index contributed by atoms with van der Waals surface area (Å²) in [5, 5.41) is 0. The van der Waals surface area contributed by atoms with Crippen LogP contribution in [0.2, 0.25) is 19.6 Å². The van der Waals surface area contributed by atoms with Gasteiger partial charge in [0.05, 0.1) is 27.3 Å². The molecule has 1 aromatic rings. The maximum absolute atomic E-state index is 5.79. The van der Waals surface area contributed by atoms with E-state index in [2.05, 4.69) is 55.0 Å². The maximum Gasteiger partial charge on any atom is 0.107 e. The number of rotatable bonds is 9. The Bertz CT molecular complexity index is 576. The second-order valence-corrected chi connectivity index (χ2v) is 11.6. The van der Waals surface area contributed by atoms with E-state index in [1.54, 1.807) is 0 Å². The SMILES string of the molecule is C#CC(/C=C/[Si](C)(C)C)=NC(CC=C)COCc1ccccc1. The van der Waals surface area contributed by atoms with Gasteiger partial charge >= 0.3 is 0 Å². The summed E-state index contributed by atoms with van der Waals surface area (Å²) in [6, 6.07) is 10.1. The highest BCUT2D eigenvalue weighted by molar-refractivity contribution is 6.81. The molecule has 0 aromatic heterocycles. The Morgan fingerprint density at radius 1 is 1.35 bits per heavy atom. The number of allylic oxidation sites excluding steroid dienone is 1. The van der Waals surface area contributed by atoms with Crippen LogP contribution in [-0.2, 0) is 11.3 Å². The molecular weight excluding hydrogens is 298 g/mol. The van der Waals surface area contributed by atoms with Crippen LogP contribution >= 0.6 is 0 Å². The molecule has 0 bridgehead atoms. The van der Waals surface area contributed by atoms with Crippen LogP contribution in [0, 0.1) is 12.3 Å². The van der Waals surface area contributed by atoms with Crippen LogP contribution in [0.4, 0.5) is 0 Å². The topological polar surface area (TPSA) is 21.6 Å². The molecule has 0 heterocycles. The van der Waals surface area contributed by atoms with Crippen molar-refractivity contribution < 1.29 is 4.74 Å². The third-order valence-corrected chi connectivity index (χ3v) is 4.24. The normalized spacial score (nSPS) is 13.7. The zero-order chi connectivity index (χ0) is 17.1. The van der Waals surface area contributed by atoms with Gasteiger partial charge in [0.15, 0.2) is 0 Å². The van der Waals surface area contributed by atoms with Gasteiger partial charge < -0.3 is 4.74 Å². The van der Waals surface area contributed by atoms with E-state index in [1.165, 1.54) is 0 Å². The van der Waals surface area contributed by atoms with E-state index >= 15 is 0 Å².